The van der Waals surface area contributed by atoms with E-state index in [2.05, 4.69) is 33.3 Å². The van der Waals surface area contributed by atoms with Crippen LogP contribution < -0.4 is 5.73 Å². The molecule has 5 nitrogen and oxygen atoms in total. The van der Waals surface area contributed by atoms with E-state index in [9.17, 15) is 4.79 Å². The lowest BCUT2D eigenvalue weighted by Gasteiger charge is -2.32. The summed E-state index contributed by atoms with van der Waals surface area (Å²) in [5, 5.41) is 2.06. The number of aromatic nitrogens is 1. The first kappa shape index (κ1) is 16.2. The average molecular weight is 338 g/mol. The minimum atomic E-state index is -0.615. The summed E-state index contributed by atoms with van der Waals surface area (Å²) in [4.78, 5) is 23.3. The maximum atomic E-state index is 12.1. The number of carbonyl (C=O) groups excluding carboxylic acids is 1. The van der Waals surface area contributed by atoms with Crippen molar-refractivity contribution >= 4 is 23.2 Å². The number of hydrogen-bond donors (Lipinski definition) is 1. The van der Waals surface area contributed by atoms with Crippen molar-refractivity contribution in [1.29, 1.82) is 0 Å². The molecule has 0 bridgehead atoms. The van der Waals surface area contributed by atoms with Crippen LogP contribution in [0.25, 0.3) is 11.1 Å². The second kappa shape index (κ2) is 6.10. The molecule has 3 heterocycles. The maximum absolute atomic E-state index is 12.1. The molecule has 0 spiro atoms. The van der Waals surface area contributed by atoms with Gasteiger partial charge < -0.3 is 5.73 Å². The van der Waals surface area contributed by atoms with Gasteiger partial charge in [0, 0.05) is 18.1 Å². The van der Waals surface area contributed by atoms with Gasteiger partial charge in [-0.2, -0.15) is 0 Å². The second-order valence-electron chi connectivity index (χ2n) is 5.88. The Kier molecular flexibility index (Phi) is 4.12. The number of amides is 1. The Balaban J connectivity index is 1.97. The molecule has 1 aliphatic heterocycles. The molecular weight excluding hydrogens is 320 g/mol. The van der Waals surface area contributed by atoms with Crippen LogP contribution in [0.2, 0.25) is 0 Å². The highest BCUT2D eigenvalue weighted by Gasteiger charge is 2.37. The third kappa shape index (κ3) is 2.91. The van der Waals surface area contributed by atoms with Gasteiger partial charge in [0.25, 0.3) is 0 Å². The molecule has 122 valence electrons. The monoisotopic (exact) mass is 338 g/mol. The van der Waals surface area contributed by atoms with Gasteiger partial charge in [-0.25, -0.2) is 9.98 Å². The van der Waals surface area contributed by atoms with Crippen molar-refractivity contribution in [3.63, 3.8) is 0 Å². The van der Waals surface area contributed by atoms with Crippen molar-refractivity contribution in [3.05, 3.63) is 40.3 Å². The van der Waals surface area contributed by atoms with Gasteiger partial charge in [-0.1, -0.05) is 5.92 Å². The first-order valence-corrected chi connectivity index (χ1v) is 8.41. The van der Waals surface area contributed by atoms with Crippen molar-refractivity contribution in [1.82, 2.24) is 9.88 Å². The Hall–Kier alpha value is -2.65. The van der Waals surface area contributed by atoms with E-state index in [1.807, 2.05) is 19.1 Å². The molecule has 0 radical (unpaired) electrons. The summed E-state index contributed by atoms with van der Waals surface area (Å²) in [5.41, 5.74) is 8.13. The number of rotatable bonds is 2. The van der Waals surface area contributed by atoms with Crippen molar-refractivity contribution in [2.45, 2.75) is 25.8 Å². The normalized spacial score (nSPS) is 20.4. The average Bonchev–Trinajstić information content (AvgIpc) is 3.04. The lowest BCUT2D eigenvalue weighted by Crippen LogP contribution is -2.47. The second-order valence-corrected chi connectivity index (χ2v) is 6.79. The number of thiophene rings is 1. The lowest BCUT2D eigenvalue weighted by molar-refractivity contribution is -0.128. The highest BCUT2D eigenvalue weighted by Crippen LogP contribution is 2.39. The van der Waals surface area contributed by atoms with E-state index < -0.39 is 5.54 Å². The Bertz CT molecular complexity index is 890. The van der Waals surface area contributed by atoms with Crippen LogP contribution in [0.5, 0.6) is 0 Å². The molecule has 1 atom stereocenters. The van der Waals surface area contributed by atoms with E-state index >= 15 is 0 Å². The topological polar surface area (TPSA) is 71.6 Å². The number of pyridine rings is 1. The molecule has 2 aromatic heterocycles. The fourth-order valence-electron chi connectivity index (χ4n) is 2.63. The van der Waals surface area contributed by atoms with Crippen LogP contribution in [0, 0.1) is 11.8 Å². The lowest BCUT2D eigenvalue weighted by atomic mass is 9.93. The minimum absolute atomic E-state index is 0.0237. The SMILES string of the molecule is CC#Cc1cc(-c2csc([C@]3(C)CC(=O)N(C)C(N)=N3)c2)ccn1. The third-order valence-corrected chi connectivity index (χ3v) is 5.23. The largest absolute Gasteiger partial charge is 0.369 e. The standard InChI is InChI=1S/C18H18N4OS/c1-4-5-14-8-12(6-7-20-14)13-9-15(24-11-13)18(2)10-16(23)22(3)17(19)21-18/h6-9,11H,10H2,1-3H3,(H2,19,21)/t18-/m0/s1. The number of carbonyl (C=O) groups is 1. The van der Waals surface area contributed by atoms with Crippen molar-refractivity contribution in [3.8, 4) is 23.0 Å². The van der Waals surface area contributed by atoms with Gasteiger partial charge in [-0.15, -0.1) is 11.3 Å². The smallest absolute Gasteiger partial charge is 0.231 e. The van der Waals surface area contributed by atoms with E-state index in [0.29, 0.717) is 6.42 Å². The zero-order valence-electron chi connectivity index (χ0n) is 13.8. The predicted octanol–water partition coefficient (Wildman–Crippen LogP) is 2.57. The van der Waals surface area contributed by atoms with Gasteiger partial charge in [-0.05, 0) is 54.5 Å². The molecule has 1 aliphatic rings. The number of nitrogens with two attached hydrogens (primary N) is 1. The summed E-state index contributed by atoms with van der Waals surface area (Å²) in [6.07, 6.45) is 2.07. The van der Waals surface area contributed by atoms with E-state index in [-0.39, 0.29) is 11.9 Å². The molecule has 0 fully saturated rings. The van der Waals surface area contributed by atoms with Crippen LogP contribution in [-0.4, -0.2) is 28.8 Å². The summed E-state index contributed by atoms with van der Waals surface area (Å²) in [6.45, 7) is 3.73. The molecule has 2 N–H and O–H groups in total. The van der Waals surface area contributed by atoms with Gasteiger partial charge in [0.1, 0.15) is 11.2 Å². The van der Waals surface area contributed by atoms with Gasteiger partial charge in [0.2, 0.25) is 5.91 Å². The number of guanidine groups is 1. The highest BCUT2D eigenvalue weighted by molar-refractivity contribution is 7.10. The molecule has 2 aromatic rings. The summed E-state index contributed by atoms with van der Waals surface area (Å²) in [5.74, 6) is 6.06. The van der Waals surface area contributed by atoms with Crippen molar-refractivity contribution in [2.24, 2.45) is 10.7 Å². The number of hydrogen-bond acceptors (Lipinski definition) is 5. The number of nitrogens with zero attached hydrogens (tertiary/aromatic N) is 3. The highest BCUT2D eigenvalue weighted by atomic mass is 32.1. The summed E-state index contributed by atoms with van der Waals surface area (Å²) in [7, 11) is 1.65. The molecule has 1 amide bonds. The molecule has 6 heteroatoms. The van der Waals surface area contributed by atoms with Gasteiger partial charge in [0.15, 0.2) is 5.96 Å². The van der Waals surface area contributed by atoms with Crippen LogP contribution >= 0.6 is 11.3 Å². The van der Waals surface area contributed by atoms with E-state index in [4.69, 9.17) is 5.73 Å². The first-order valence-electron chi connectivity index (χ1n) is 7.53. The Labute approximate surface area is 145 Å². The van der Waals surface area contributed by atoms with Crippen LogP contribution in [0.1, 0.15) is 30.8 Å². The Morgan fingerprint density at radius 1 is 1.38 bits per heavy atom. The van der Waals surface area contributed by atoms with E-state index in [1.54, 1.807) is 31.5 Å². The van der Waals surface area contributed by atoms with Gasteiger partial charge in [0.05, 0.1) is 6.42 Å². The van der Waals surface area contributed by atoms with Crippen LogP contribution in [0.4, 0.5) is 0 Å². The van der Waals surface area contributed by atoms with E-state index in [1.165, 1.54) is 4.90 Å². The molecule has 0 aromatic carbocycles. The molecular formula is C18H18N4OS. The van der Waals surface area contributed by atoms with Crippen LogP contribution in [-0.2, 0) is 10.3 Å². The molecule has 0 saturated heterocycles. The molecule has 0 saturated carbocycles. The molecule has 0 aliphatic carbocycles. The van der Waals surface area contributed by atoms with Gasteiger partial charge >= 0.3 is 0 Å². The quantitative estimate of drug-likeness (QED) is 0.856. The zero-order valence-corrected chi connectivity index (χ0v) is 14.6. The minimum Gasteiger partial charge on any atom is -0.369 e. The van der Waals surface area contributed by atoms with Gasteiger partial charge in [-0.3, -0.25) is 9.69 Å². The molecule has 24 heavy (non-hydrogen) atoms. The maximum Gasteiger partial charge on any atom is 0.231 e. The molecule has 0 unspecified atom stereocenters. The predicted molar refractivity (Wildman–Crippen MR) is 96.5 cm³/mol. The van der Waals surface area contributed by atoms with Crippen LogP contribution in [0.15, 0.2) is 34.8 Å². The van der Waals surface area contributed by atoms with Crippen molar-refractivity contribution in [2.75, 3.05) is 7.05 Å². The Morgan fingerprint density at radius 3 is 2.88 bits per heavy atom. The summed E-state index contributed by atoms with van der Waals surface area (Å²) in [6, 6.07) is 5.98. The fraction of sp³-hybridized carbons (Fsp3) is 0.278. The molecule has 3 rings (SSSR count). The summed E-state index contributed by atoms with van der Waals surface area (Å²) < 4.78 is 0. The fourth-order valence-corrected chi connectivity index (χ4v) is 3.65. The zero-order chi connectivity index (χ0) is 17.3. The summed E-state index contributed by atoms with van der Waals surface area (Å²) >= 11 is 1.58. The van der Waals surface area contributed by atoms with Crippen molar-refractivity contribution < 1.29 is 4.79 Å². The first-order chi connectivity index (χ1) is 11.4. The Morgan fingerprint density at radius 2 is 2.17 bits per heavy atom. The van der Waals surface area contributed by atoms with Crippen LogP contribution in [0.3, 0.4) is 0 Å². The third-order valence-electron chi connectivity index (χ3n) is 4.05. The number of aliphatic imine (C=N–C) groups is 1. The van der Waals surface area contributed by atoms with E-state index in [0.717, 1.165) is 21.7 Å².